The second-order valence-electron chi connectivity index (χ2n) is 5.96. The monoisotopic (exact) mass is 255 g/mol. The molecule has 0 aromatic carbocycles. The first-order valence-corrected chi connectivity index (χ1v) is 6.46. The zero-order chi connectivity index (χ0) is 13.9. The van der Waals surface area contributed by atoms with Gasteiger partial charge in [0.05, 0.1) is 0 Å². The Bertz CT molecular complexity index is 315. The first-order chi connectivity index (χ1) is 8.21. The molecule has 0 aliphatic carbocycles. The lowest BCUT2D eigenvalue weighted by Gasteiger charge is -2.38. The van der Waals surface area contributed by atoms with Crippen LogP contribution in [0, 0.1) is 0 Å². The molecule has 1 saturated heterocycles. The van der Waals surface area contributed by atoms with E-state index in [1.807, 2.05) is 25.7 Å². The van der Waals surface area contributed by atoms with Crippen LogP contribution in [0.25, 0.3) is 0 Å². The molecule has 1 aliphatic rings. The lowest BCUT2D eigenvalue weighted by atomic mass is 10.1. The van der Waals surface area contributed by atoms with Gasteiger partial charge < -0.3 is 14.7 Å². The van der Waals surface area contributed by atoms with Crippen molar-refractivity contribution in [1.29, 1.82) is 0 Å². The van der Waals surface area contributed by atoms with E-state index in [0.717, 1.165) is 26.2 Å². The first-order valence-electron chi connectivity index (χ1n) is 6.46. The fraction of sp³-hybridized carbons (Fsp3) is 0.846. The van der Waals surface area contributed by atoms with Crippen LogP contribution in [0.5, 0.6) is 0 Å². The van der Waals surface area contributed by atoms with Crippen LogP contribution >= 0.6 is 0 Å². The quantitative estimate of drug-likeness (QED) is 0.718. The SMILES string of the molecule is CC(=O)N(CC(=O)N1CCN(C)CC1)C(C)(C)C. The van der Waals surface area contributed by atoms with E-state index < -0.39 is 0 Å². The van der Waals surface area contributed by atoms with Crippen LogP contribution < -0.4 is 0 Å². The molecule has 18 heavy (non-hydrogen) atoms. The van der Waals surface area contributed by atoms with Crippen molar-refractivity contribution in [2.45, 2.75) is 33.2 Å². The van der Waals surface area contributed by atoms with Crippen LogP contribution in [0.1, 0.15) is 27.7 Å². The second-order valence-corrected chi connectivity index (χ2v) is 5.96. The Morgan fingerprint density at radius 1 is 1.11 bits per heavy atom. The molecular formula is C13H25N3O2. The van der Waals surface area contributed by atoms with E-state index in [9.17, 15) is 9.59 Å². The first kappa shape index (κ1) is 15.0. The van der Waals surface area contributed by atoms with Gasteiger partial charge in [-0.1, -0.05) is 0 Å². The van der Waals surface area contributed by atoms with E-state index in [1.165, 1.54) is 6.92 Å². The molecule has 1 fully saturated rings. The summed E-state index contributed by atoms with van der Waals surface area (Å²) >= 11 is 0. The smallest absolute Gasteiger partial charge is 0.242 e. The number of carbonyl (C=O) groups excluding carboxylic acids is 2. The van der Waals surface area contributed by atoms with Gasteiger partial charge in [0, 0.05) is 38.6 Å². The van der Waals surface area contributed by atoms with Crippen molar-refractivity contribution in [3.05, 3.63) is 0 Å². The van der Waals surface area contributed by atoms with Gasteiger partial charge in [0.25, 0.3) is 0 Å². The number of nitrogens with zero attached hydrogens (tertiary/aromatic N) is 3. The fourth-order valence-corrected chi connectivity index (χ4v) is 2.11. The Balaban J connectivity index is 2.59. The van der Waals surface area contributed by atoms with E-state index in [0.29, 0.717) is 0 Å². The molecule has 0 bridgehead atoms. The molecule has 0 unspecified atom stereocenters. The molecule has 5 heteroatoms. The Morgan fingerprint density at radius 3 is 2.00 bits per heavy atom. The van der Waals surface area contributed by atoms with E-state index in [2.05, 4.69) is 11.9 Å². The third-order valence-corrected chi connectivity index (χ3v) is 3.34. The summed E-state index contributed by atoms with van der Waals surface area (Å²) in [5.41, 5.74) is -0.311. The maximum Gasteiger partial charge on any atom is 0.242 e. The minimum absolute atomic E-state index is 0.0493. The summed E-state index contributed by atoms with van der Waals surface area (Å²) in [5.74, 6) is -0.00166. The predicted octanol–water partition coefficient (Wildman–Crippen LogP) is 0.407. The lowest BCUT2D eigenvalue weighted by Crippen LogP contribution is -2.54. The molecule has 2 amide bonds. The Morgan fingerprint density at radius 2 is 1.61 bits per heavy atom. The molecule has 0 atom stereocenters. The third kappa shape index (κ3) is 3.98. The van der Waals surface area contributed by atoms with Crippen LogP contribution in [0.3, 0.4) is 0 Å². The number of likely N-dealkylation sites (N-methyl/N-ethyl adjacent to an activating group) is 1. The highest BCUT2D eigenvalue weighted by Crippen LogP contribution is 2.14. The minimum Gasteiger partial charge on any atom is -0.339 e. The van der Waals surface area contributed by atoms with Gasteiger partial charge in [0.2, 0.25) is 11.8 Å². The van der Waals surface area contributed by atoms with Crippen molar-refractivity contribution in [3.63, 3.8) is 0 Å². The summed E-state index contributed by atoms with van der Waals surface area (Å²) in [6.07, 6.45) is 0. The average molecular weight is 255 g/mol. The van der Waals surface area contributed by atoms with Gasteiger partial charge in [-0.3, -0.25) is 9.59 Å². The Hall–Kier alpha value is -1.10. The molecule has 1 heterocycles. The molecule has 0 spiro atoms. The van der Waals surface area contributed by atoms with Gasteiger partial charge in [-0.25, -0.2) is 0 Å². The molecule has 0 saturated carbocycles. The molecular weight excluding hydrogens is 230 g/mol. The zero-order valence-electron chi connectivity index (χ0n) is 12.2. The number of carbonyl (C=O) groups is 2. The van der Waals surface area contributed by atoms with E-state index >= 15 is 0 Å². The van der Waals surface area contributed by atoms with E-state index in [1.54, 1.807) is 4.90 Å². The van der Waals surface area contributed by atoms with Gasteiger partial charge >= 0.3 is 0 Å². The standard InChI is InChI=1S/C13H25N3O2/c1-11(17)16(13(2,3)4)10-12(18)15-8-6-14(5)7-9-15/h6-10H2,1-5H3. The number of amides is 2. The zero-order valence-corrected chi connectivity index (χ0v) is 12.2. The van der Waals surface area contributed by atoms with Crippen LogP contribution in [0.2, 0.25) is 0 Å². The van der Waals surface area contributed by atoms with E-state index in [-0.39, 0.29) is 23.9 Å². The van der Waals surface area contributed by atoms with Gasteiger partial charge in [-0.15, -0.1) is 0 Å². The molecule has 1 rings (SSSR count). The van der Waals surface area contributed by atoms with Crippen molar-refractivity contribution in [1.82, 2.24) is 14.7 Å². The van der Waals surface area contributed by atoms with Crippen molar-refractivity contribution in [2.24, 2.45) is 0 Å². The molecule has 0 aromatic rings. The molecule has 1 aliphatic heterocycles. The van der Waals surface area contributed by atoms with Crippen LogP contribution in [-0.2, 0) is 9.59 Å². The predicted molar refractivity (Wildman–Crippen MR) is 71.2 cm³/mol. The van der Waals surface area contributed by atoms with Crippen molar-refractivity contribution in [3.8, 4) is 0 Å². The number of hydrogen-bond acceptors (Lipinski definition) is 3. The summed E-state index contributed by atoms with van der Waals surface area (Å²) in [4.78, 5) is 29.5. The maximum absolute atomic E-state index is 12.2. The second kappa shape index (κ2) is 5.69. The number of piperazine rings is 1. The summed E-state index contributed by atoms with van der Waals surface area (Å²) in [5, 5.41) is 0. The molecule has 0 radical (unpaired) electrons. The largest absolute Gasteiger partial charge is 0.339 e. The van der Waals surface area contributed by atoms with Crippen molar-refractivity contribution < 1.29 is 9.59 Å². The summed E-state index contributed by atoms with van der Waals surface area (Å²) in [6.45, 7) is 10.9. The Labute approximate surface area is 110 Å². The minimum atomic E-state index is -0.311. The topological polar surface area (TPSA) is 43.9 Å². The lowest BCUT2D eigenvalue weighted by molar-refractivity contribution is -0.144. The van der Waals surface area contributed by atoms with Gasteiger partial charge in [-0.05, 0) is 27.8 Å². The number of rotatable bonds is 2. The molecule has 104 valence electrons. The van der Waals surface area contributed by atoms with Gasteiger partial charge in [-0.2, -0.15) is 0 Å². The van der Waals surface area contributed by atoms with Gasteiger partial charge in [0.1, 0.15) is 6.54 Å². The fourth-order valence-electron chi connectivity index (χ4n) is 2.11. The highest BCUT2D eigenvalue weighted by Gasteiger charge is 2.28. The highest BCUT2D eigenvalue weighted by atomic mass is 16.2. The maximum atomic E-state index is 12.2. The summed E-state index contributed by atoms with van der Waals surface area (Å²) in [7, 11) is 2.05. The van der Waals surface area contributed by atoms with Crippen molar-refractivity contribution >= 4 is 11.8 Å². The van der Waals surface area contributed by atoms with Crippen LogP contribution in [0.4, 0.5) is 0 Å². The highest BCUT2D eigenvalue weighted by molar-refractivity contribution is 5.84. The Kier molecular flexibility index (Phi) is 4.73. The summed E-state index contributed by atoms with van der Waals surface area (Å²) < 4.78 is 0. The number of hydrogen-bond donors (Lipinski definition) is 0. The van der Waals surface area contributed by atoms with Crippen LogP contribution in [-0.4, -0.2) is 71.8 Å². The average Bonchev–Trinajstić information content (AvgIpc) is 2.24. The molecule has 0 N–H and O–H groups in total. The van der Waals surface area contributed by atoms with Gasteiger partial charge in [0.15, 0.2) is 0 Å². The molecule has 5 nitrogen and oxygen atoms in total. The summed E-state index contributed by atoms with van der Waals surface area (Å²) in [6, 6.07) is 0. The van der Waals surface area contributed by atoms with E-state index in [4.69, 9.17) is 0 Å². The third-order valence-electron chi connectivity index (χ3n) is 3.34. The normalized spacial score (nSPS) is 17.7. The molecule has 0 aromatic heterocycles. The van der Waals surface area contributed by atoms with Crippen LogP contribution in [0.15, 0.2) is 0 Å². The van der Waals surface area contributed by atoms with Crippen molar-refractivity contribution in [2.75, 3.05) is 39.8 Å².